The zero-order valence-corrected chi connectivity index (χ0v) is 13.5. The summed E-state index contributed by atoms with van der Waals surface area (Å²) in [7, 11) is 0. The first kappa shape index (κ1) is 15.6. The number of hydrogen-bond acceptors (Lipinski definition) is 3. The predicted molar refractivity (Wildman–Crippen MR) is 88.0 cm³/mol. The third kappa shape index (κ3) is 3.37. The van der Waals surface area contributed by atoms with Crippen LogP contribution >= 0.6 is 0 Å². The Hall–Kier alpha value is -2.33. The van der Waals surface area contributed by atoms with Gasteiger partial charge in [-0.3, -0.25) is 4.79 Å². The molecule has 1 fully saturated rings. The second-order valence-corrected chi connectivity index (χ2v) is 5.64. The molecule has 0 spiro atoms. The maximum atomic E-state index is 12.3. The maximum Gasteiger partial charge on any atom is 0.251 e. The first-order valence-corrected chi connectivity index (χ1v) is 7.87. The Morgan fingerprint density at radius 1 is 1.22 bits per heavy atom. The van der Waals surface area contributed by atoms with Crippen LogP contribution in [0.2, 0.25) is 0 Å². The van der Waals surface area contributed by atoms with Crippen LogP contribution in [-0.4, -0.2) is 24.0 Å². The van der Waals surface area contributed by atoms with E-state index in [2.05, 4.69) is 6.07 Å². The number of rotatable bonds is 5. The van der Waals surface area contributed by atoms with Gasteiger partial charge in [-0.1, -0.05) is 48.0 Å². The molecule has 1 aliphatic rings. The van der Waals surface area contributed by atoms with Gasteiger partial charge in [-0.15, -0.1) is 0 Å². The lowest BCUT2D eigenvalue weighted by atomic mass is 10.1. The fourth-order valence-corrected chi connectivity index (χ4v) is 2.86. The van der Waals surface area contributed by atoms with Gasteiger partial charge in [-0.25, -0.2) is 0 Å². The molecule has 0 radical (unpaired) electrons. The molecule has 0 bridgehead atoms. The summed E-state index contributed by atoms with van der Waals surface area (Å²) < 4.78 is 11.4. The first-order valence-electron chi connectivity index (χ1n) is 7.87. The van der Waals surface area contributed by atoms with Gasteiger partial charge in [0, 0.05) is 12.1 Å². The standard InChI is InChI=1S/C19H21NO3/c1-3-22-17-10-5-4-9-16(17)19-20(18(21)13-23-19)12-15-8-6-7-14(2)11-15/h4-11,19H,3,12-13H2,1-2H3. The van der Waals surface area contributed by atoms with Gasteiger partial charge < -0.3 is 14.4 Å². The molecule has 0 aromatic heterocycles. The van der Waals surface area contributed by atoms with Crippen molar-refractivity contribution in [3.63, 3.8) is 0 Å². The predicted octanol–water partition coefficient (Wildman–Crippen LogP) is 3.45. The summed E-state index contributed by atoms with van der Waals surface area (Å²) >= 11 is 0. The number of amides is 1. The van der Waals surface area contributed by atoms with E-state index in [4.69, 9.17) is 9.47 Å². The van der Waals surface area contributed by atoms with Crippen LogP contribution in [0.15, 0.2) is 48.5 Å². The summed E-state index contributed by atoms with van der Waals surface area (Å²) in [6.07, 6.45) is -0.397. The van der Waals surface area contributed by atoms with E-state index in [-0.39, 0.29) is 12.5 Å². The number of nitrogens with zero attached hydrogens (tertiary/aromatic N) is 1. The number of hydrogen-bond donors (Lipinski definition) is 0. The lowest BCUT2D eigenvalue weighted by Gasteiger charge is -2.25. The van der Waals surface area contributed by atoms with Gasteiger partial charge in [-0.2, -0.15) is 0 Å². The van der Waals surface area contributed by atoms with Crippen molar-refractivity contribution in [2.45, 2.75) is 26.6 Å². The molecule has 3 rings (SSSR count). The molecule has 23 heavy (non-hydrogen) atoms. The molecule has 0 aliphatic carbocycles. The van der Waals surface area contributed by atoms with E-state index in [1.807, 2.05) is 56.3 Å². The van der Waals surface area contributed by atoms with Gasteiger partial charge in [0.05, 0.1) is 6.61 Å². The van der Waals surface area contributed by atoms with Crippen molar-refractivity contribution in [3.05, 3.63) is 65.2 Å². The van der Waals surface area contributed by atoms with Crippen LogP contribution in [0.3, 0.4) is 0 Å². The van der Waals surface area contributed by atoms with E-state index in [0.717, 1.165) is 16.9 Å². The van der Waals surface area contributed by atoms with Gasteiger partial charge in [0.2, 0.25) is 0 Å². The van der Waals surface area contributed by atoms with Gasteiger partial charge >= 0.3 is 0 Å². The second kappa shape index (κ2) is 6.84. The summed E-state index contributed by atoms with van der Waals surface area (Å²) in [4.78, 5) is 14.0. The van der Waals surface area contributed by atoms with Crippen molar-refractivity contribution >= 4 is 5.91 Å². The largest absolute Gasteiger partial charge is 0.493 e. The Morgan fingerprint density at radius 2 is 2.04 bits per heavy atom. The molecule has 1 saturated heterocycles. The fourth-order valence-electron chi connectivity index (χ4n) is 2.86. The van der Waals surface area contributed by atoms with E-state index in [1.165, 1.54) is 5.56 Å². The molecule has 1 aliphatic heterocycles. The smallest absolute Gasteiger partial charge is 0.251 e. The quantitative estimate of drug-likeness (QED) is 0.849. The number of benzene rings is 2. The van der Waals surface area contributed by atoms with E-state index in [0.29, 0.717) is 13.2 Å². The van der Waals surface area contributed by atoms with Crippen molar-refractivity contribution in [2.24, 2.45) is 0 Å². The molecule has 2 aromatic rings. The summed E-state index contributed by atoms with van der Waals surface area (Å²) in [6.45, 7) is 5.22. The average Bonchev–Trinajstić information content (AvgIpc) is 2.89. The van der Waals surface area contributed by atoms with E-state index < -0.39 is 6.23 Å². The Morgan fingerprint density at radius 3 is 2.83 bits per heavy atom. The van der Waals surface area contributed by atoms with Crippen molar-refractivity contribution in [1.82, 2.24) is 4.90 Å². The number of ether oxygens (including phenoxy) is 2. The van der Waals surface area contributed by atoms with Gasteiger partial charge in [0.15, 0.2) is 6.23 Å². The van der Waals surface area contributed by atoms with Crippen LogP contribution in [0.5, 0.6) is 5.75 Å². The SMILES string of the molecule is CCOc1ccccc1C1OCC(=O)N1Cc1cccc(C)c1. The topological polar surface area (TPSA) is 38.8 Å². The summed E-state index contributed by atoms with van der Waals surface area (Å²) in [5.41, 5.74) is 3.18. The highest BCUT2D eigenvalue weighted by Crippen LogP contribution is 2.34. The Kier molecular flexibility index (Phi) is 4.63. The highest BCUT2D eigenvalue weighted by molar-refractivity contribution is 5.79. The third-order valence-corrected chi connectivity index (χ3v) is 3.89. The molecular weight excluding hydrogens is 290 g/mol. The molecule has 120 valence electrons. The van der Waals surface area contributed by atoms with Crippen LogP contribution in [0.1, 0.15) is 29.8 Å². The molecule has 0 N–H and O–H groups in total. The first-order chi connectivity index (χ1) is 11.2. The lowest BCUT2D eigenvalue weighted by molar-refractivity contribution is -0.128. The number of aryl methyl sites for hydroxylation is 1. The minimum absolute atomic E-state index is 0.00260. The summed E-state index contributed by atoms with van der Waals surface area (Å²) in [5, 5.41) is 0. The van der Waals surface area contributed by atoms with E-state index in [1.54, 1.807) is 4.90 Å². The number of para-hydroxylation sites is 1. The van der Waals surface area contributed by atoms with Crippen molar-refractivity contribution < 1.29 is 14.3 Å². The van der Waals surface area contributed by atoms with Gasteiger partial charge in [0.25, 0.3) is 5.91 Å². The van der Waals surface area contributed by atoms with Crippen LogP contribution < -0.4 is 4.74 Å². The highest BCUT2D eigenvalue weighted by atomic mass is 16.5. The number of carbonyl (C=O) groups is 1. The molecule has 1 atom stereocenters. The summed E-state index contributed by atoms with van der Waals surface area (Å²) in [5.74, 6) is 0.770. The fraction of sp³-hybridized carbons (Fsp3) is 0.316. The Bertz CT molecular complexity index is 699. The van der Waals surface area contributed by atoms with Crippen LogP contribution in [0.4, 0.5) is 0 Å². The second-order valence-electron chi connectivity index (χ2n) is 5.64. The average molecular weight is 311 g/mol. The van der Waals surface area contributed by atoms with Crippen LogP contribution in [-0.2, 0) is 16.1 Å². The molecule has 1 heterocycles. The van der Waals surface area contributed by atoms with E-state index in [9.17, 15) is 4.79 Å². The van der Waals surface area contributed by atoms with Crippen molar-refractivity contribution in [1.29, 1.82) is 0 Å². The molecule has 1 amide bonds. The molecular formula is C19H21NO3. The van der Waals surface area contributed by atoms with Crippen LogP contribution in [0, 0.1) is 6.92 Å². The molecule has 4 nitrogen and oxygen atoms in total. The van der Waals surface area contributed by atoms with Crippen molar-refractivity contribution in [2.75, 3.05) is 13.2 Å². The lowest BCUT2D eigenvalue weighted by Crippen LogP contribution is -2.28. The summed E-state index contributed by atoms with van der Waals surface area (Å²) in [6, 6.07) is 15.9. The Labute approximate surface area is 136 Å². The minimum Gasteiger partial charge on any atom is -0.493 e. The normalized spacial score (nSPS) is 17.6. The zero-order chi connectivity index (χ0) is 16.2. The monoisotopic (exact) mass is 311 g/mol. The van der Waals surface area contributed by atoms with E-state index >= 15 is 0 Å². The molecule has 1 unspecified atom stereocenters. The van der Waals surface area contributed by atoms with Gasteiger partial charge in [0.1, 0.15) is 12.4 Å². The van der Waals surface area contributed by atoms with Crippen LogP contribution in [0.25, 0.3) is 0 Å². The molecule has 0 saturated carbocycles. The third-order valence-electron chi connectivity index (χ3n) is 3.89. The Balaban J connectivity index is 1.88. The zero-order valence-electron chi connectivity index (χ0n) is 13.5. The molecule has 4 heteroatoms. The number of carbonyl (C=O) groups excluding carboxylic acids is 1. The minimum atomic E-state index is -0.397. The van der Waals surface area contributed by atoms with Crippen molar-refractivity contribution in [3.8, 4) is 5.75 Å². The highest BCUT2D eigenvalue weighted by Gasteiger charge is 2.34. The molecule has 2 aromatic carbocycles. The maximum absolute atomic E-state index is 12.3. The van der Waals surface area contributed by atoms with Gasteiger partial charge in [-0.05, 0) is 25.5 Å².